The van der Waals surface area contributed by atoms with Crippen molar-refractivity contribution < 1.29 is 37.7 Å². The molecule has 0 aliphatic carbocycles. The van der Waals surface area contributed by atoms with E-state index in [0.29, 0.717) is 11.3 Å². The number of carbonyl (C=O) groups is 2. The van der Waals surface area contributed by atoms with Gasteiger partial charge in [0.15, 0.2) is 0 Å². The molecular weight excluding hydrogens is 507 g/mol. The molecule has 0 unspecified atom stereocenters. The lowest BCUT2D eigenvalue weighted by molar-refractivity contribution is -0.154. The lowest BCUT2D eigenvalue weighted by atomic mass is 9.73. The number of alkyl halides is 3. The number of aliphatic hydroxyl groups is 2. The van der Waals surface area contributed by atoms with E-state index in [2.05, 4.69) is 4.98 Å². The predicted molar refractivity (Wildman–Crippen MR) is 137 cm³/mol. The topological polar surface area (TPSA) is 96.7 Å². The van der Waals surface area contributed by atoms with Gasteiger partial charge in [0.25, 0.3) is 0 Å². The molecule has 0 bridgehead atoms. The molecular formula is C27H38F3NO5S. The molecule has 0 radical (unpaired) electrons. The zero-order chi connectivity index (χ0) is 28.1. The molecule has 1 aromatic rings. The Morgan fingerprint density at radius 2 is 1.89 bits per heavy atom. The smallest absolute Gasteiger partial charge is 0.412 e. The summed E-state index contributed by atoms with van der Waals surface area (Å²) in [4.78, 5) is 30.3. The van der Waals surface area contributed by atoms with Gasteiger partial charge in [0, 0.05) is 23.3 Å². The van der Waals surface area contributed by atoms with E-state index in [1.165, 1.54) is 32.1 Å². The Kier molecular flexibility index (Phi) is 10.7. The van der Waals surface area contributed by atoms with Gasteiger partial charge in [0.1, 0.15) is 11.9 Å². The molecule has 208 valence electrons. The van der Waals surface area contributed by atoms with Gasteiger partial charge in [-0.1, -0.05) is 33.8 Å². The number of aromatic nitrogens is 1. The molecule has 2 heterocycles. The van der Waals surface area contributed by atoms with E-state index in [0.717, 1.165) is 11.1 Å². The minimum absolute atomic E-state index is 0.161. The van der Waals surface area contributed by atoms with Crippen LogP contribution in [-0.4, -0.2) is 51.4 Å². The van der Waals surface area contributed by atoms with Gasteiger partial charge in [0.2, 0.25) is 0 Å². The molecule has 0 spiro atoms. The van der Waals surface area contributed by atoms with Crippen molar-refractivity contribution in [1.29, 1.82) is 0 Å². The number of rotatable bonds is 2. The summed E-state index contributed by atoms with van der Waals surface area (Å²) >= 11 is 1.42. The van der Waals surface area contributed by atoms with Crippen molar-refractivity contribution >= 4 is 29.2 Å². The highest BCUT2D eigenvalue weighted by molar-refractivity contribution is 7.09. The van der Waals surface area contributed by atoms with E-state index in [1.54, 1.807) is 25.3 Å². The molecule has 6 nitrogen and oxygen atoms in total. The van der Waals surface area contributed by atoms with Crippen LogP contribution in [0.2, 0.25) is 0 Å². The van der Waals surface area contributed by atoms with Crippen molar-refractivity contribution in [2.45, 2.75) is 98.1 Å². The first-order valence-electron chi connectivity index (χ1n) is 12.5. The van der Waals surface area contributed by atoms with Gasteiger partial charge < -0.3 is 14.9 Å². The fourth-order valence-electron chi connectivity index (χ4n) is 4.51. The average molecular weight is 546 g/mol. The van der Waals surface area contributed by atoms with Crippen molar-refractivity contribution in [3.63, 3.8) is 0 Å². The summed E-state index contributed by atoms with van der Waals surface area (Å²) in [5.74, 6) is -2.57. The summed E-state index contributed by atoms with van der Waals surface area (Å²) in [6.45, 7) is 9.73. The second-order valence-corrected chi connectivity index (χ2v) is 11.6. The van der Waals surface area contributed by atoms with E-state index >= 15 is 0 Å². The van der Waals surface area contributed by atoms with Crippen molar-refractivity contribution in [3.8, 4) is 0 Å². The zero-order valence-corrected chi connectivity index (χ0v) is 23.1. The molecule has 10 heteroatoms. The number of cyclic esters (lactones) is 1. The molecule has 2 rings (SSSR count). The first-order valence-corrected chi connectivity index (χ1v) is 13.4. The summed E-state index contributed by atoms with van der Waals surface area (Å²) in [6, 6.07) is 0. The Morgan fingerprint density at radius 1 is 1.24 bits per heavy atom. The molecule has 2 N–H and O–H groups in total. The number of halogens is 3. The number of aliphatic hydroxyl groups excluding tert-OH is 2. The number of ether oxygens (including phenoxy) is 1. The van der Waals surface area contributed by atoms with Crippen LogP contribution in [0, 0.1) is 24.2 Å². The van der Waals surface area contributed by atoms with Crippen LogP contribution in [0.1, 0.15) is 77.4 Å². The number of nitrogens with zero attached hydrogens (tertiary/aromatic N) is 1. The molecule has 0 saturated carbocycles. The number of Topliss-reactive ketones (excluding diaryl/α,β-unsaturated/α-hetero) is 1. The standard InChI is InChI=1S/C27H38F3NO5S/c1-15-8-7-9-19(27(28,29)30)10-11-21(16(2)12-20-14-37-18(4)31-20)36-23(33)13-22(32)26(5,6)25(35)17(3)24(15)34/h10,12,14-15,17,21-22,24,32,34H,7-9,11,13H2,1-6H3/b16-12+,19-10+/t15-,17+,21-,22-,24-/m0/s1. The number of hydrogen-bond acceptors (Lipinski definition) is 7. The fraction of sp³-hybridized carbons (Fsp3) is 0.667. The van der Waals surface area contributed by atoms with Crippen molar-refractivity contribution in [1.82, 2.24) is 4.98 Å². The second-order valence-electron chi connectivity index (χ2n) is 10.6. The van der Waals surface area contributed by atoms with Crippen molar-refractivity contribution in [3.05, 3.63) is 33.3 Å². The molecule has 1 aliphatic heterocycles. The summed E-state index contributed by atoms with van der Waals surface area (Å²) < 4.78 is 46.9. The maximum absolute atomic E-state index is 13.8. The van der Waals surface area contributed by atoms with Gasteiger partial charge in [0.05, 0.1) is 34.7 Å². The molecule has 37 heavy (non-hydrogen) atoms. The van der Waals surface area contributed by atoms with Crippen LogP contribution in [0.25, 0.3) is 6.08 Å². The number of hydrogen-bond donors (Lipinski definition) is 2. The molecule has 0 amide bonds. The van der Waals surface area contributed by atoms with E-state index < -0.39 is 65.5 Å². The van der Waals surface area contributed by atoms with Gasteiger partial charge >= 0.3 is 12.1 Å². The molecule has 1 aromatic heterocycles. The van der Waals surface area contributed by atoms with E-state index in [1.807, 2.05) is 6.92 Å². The molecule has 5 atom stereocenters. The monoisotopic (exact) mass is 545 g/mol. The maximum atomic E-state index is 13.8. The predicted octanol–water partition coefficient (Wildman–Crippen LogP) is 5.81. The summed E-state index contributed by atoms with van der Waals surface area (Å²) in [5.41, 5.74) is -0.966. The number of allylic oxidation sites excluding steroid dienone is 1. The Labute approximate surface area is 220 Å². The largest absolute Gasteiger partial charge is 0.457 e. The third kappa shape index (κ3) is 8.48. The number of carbonyl (C=O) groups excluding carboxylic acids is 2. The van der Waals surface area contributed by atoms with Crippen LogP contribution in [0.4, 0.5) is 13.2 Å². The lowest BCUT2D eigenvalue weighted by Crippen LogP contribution is -2.45. The highest BCUT2D eigenvalue weighted by Crippen LogP contribution is 2.35. The third-order valence-corrected chi connectivity index (χ3v) is 7.97. The van der Waals surface area contributed by atoms with Crippen LogP contribution < -0.4 is 0 Å². The Morgan fingerprint density at radius 3 is 2.46 bits per heavy atom. The van der Waals surface area contributed by atoms with Crippen LogP contribution in [0.5, 0.6) is 0 Å². The molecule has 0 saturated heterocycles. The zero-order valence-electron chi connectivity index (χ0n) is 22.3. The fourth-order valence-corrected chi connectivity index (χ4v) is 5.08. The van der Waals surface area contributed by atoms with Gasteiger partial charge in [-0.25, -0.2) is 4.98 Å². The van der Waals surface area contributed by atoms with Gasteiger partial charge in [-0.15, -0.1) is 11.3 Å². The maximum Gasteiger partial charge on any atom is 0.412 e. The Bertz CT molecular complexity index is 1010. The quantitative estimate of drug-likeness (QED) is 0.360. The van der Waals surface area contributed by atoms with Crippen LogP contribution in [0.15, 0.2) is 22.6 Å². The lowest BCUT2D eigenvalue weighted by Gasteiger charge is -2.34. The highest BCUT2D eigenvalue weighted by atomic mass is 32.1. The van der Waals surface area contributed by atoms with E-state index in [-0.39, 0.29) is 25.7 Å². The summed E-state index contributed by atoms with van der Waals surface area (Å²) in [7, 11) is 0. The average Bonchev–Trinajstić information content (AvgIpc) is 3.21. The van der Waals surface area contributed by atoms with Gasteiger partial charge in [-0.2, -0.15) is 13.2 Å². The third-order valence-electron chi connectivity index (χ3n) is 7.18. The number of thiazole rings is 1. The van der Waals surface area contributed by atoms with Crippen molar-refractivity contribution in [2.75, 3.05) is 0 Å². The second kappa shape index (κ2) is 12.7. The van der Waals surface area contributed by atoms with Crippen LogP contribution >= 0.6 is 11.3 Å². The SMILES string of the molecule is C/C(=C\c1csc(C)n1)[C@@H]1C/C=C(/C(F)(F)F)CCC[C@H](C)[C@H](O)[C@@H](C)C(=O)C(C)(C)[C@@H](O)CC(=O)O1. The Balaban J connectivity index is 2.45. The molecule has 0 fully saturated rings. The highest BCUT2D eigenvalue weighted by Gasteiger charge is 2.42. The number of esters is 1. The molecule has 0 aromatic carbocycles. The van der Waals surface area contributed by atoms with Crippen LogP contribution in [-0.2, 0) is 14.3 Å². The minimum atomic E-state index is -4.56. The first-order chi connectivity index (χ1) is 17.0. The van der Waals surface area contributed by atoms with Gasteiger partial charge in [-0.05, 0) is 50.7 Å². The summed E-state index contributed by atoms with van der Waals surface area (Å²) in [6.07, 6.45) is -5.89. The number of ketones is 1. The normalized spacial score (nSPS) is 30.9. The summed E-state index contributed by atoms with van der Waals surface area (Å²) in [5, 5.41) is 24.1. The molecule has 1 aliphatic rings. The van der Waals surface area contributed by atoms with Crippen LogP contribution in [0.3, 0.4) is 0 Å². The van der Waals surface area contributed by atoms with E-state index in [4.69, 9.17) is 4.74 Å². The first kappa shape index (κ1) is 31.2. The van der Waals surface area contributed by atoms with Crippen molar-refractivity contribution in [2.24, 2.45) is 17.3 Å². The minimum Gasteiger partial charge on any atom is -0.457 e. The van der Waals surface area contributed by atoms with Gasteiger partial charge in [-0.3, -0.25) is 9.59 Å². The van der Waals surface area contributed by atoms with E-state index in [9.17, 15) is 33.0 Å². The Hall–Kier alpha value is -2.04. The number of aryl methyl sites for hydroxylation is 1.